The molecule has 0 aliphatic carbocycles. The summed E-state index contributed by atoms with van der Waals surface area (Å²) in [7, 11) is 4.09. The first-order valence-corrected chi connectivity index (χ1v) is 9.71. The zero-order chi connectivity index (χ0) is 20.2. The number of carbonyl (C=O) groups is 1. The minimum absolute atomic E-state index is 0.104. The minimum Gasteiger partial charge on any atom is -0.494 e. The van der Waals surface area contributed by atoms with Gasteiger partial charge in [0.1, 0.15) is 5.75 Å². The molecule has 4 rings (SSSR count). The average Bonchev–Trinajstić information content (AvgIpc) is 2.75. The lowest BCUT2D eigenvalue weighted by Gasteiger charge is -2.31. The van der Waals surface area contributed by atoms with Crippen molar-refractivity contribution in [1.29, 1.82) is 0 Å². The zero-order valence-corrected chi connectivity index (χ0v) is 16.7. The molecule has 0 spiro atoms. The van der Waals surface area contributed by atoms with Gasteiger partial charge in [0.2, 0.25) is 0 Å². The molecule has 1 aliphatic heterocycles. The lowest BCUT2D eigenvalue weighted by molar-refractivity contribution is 0.0997. The van der Waals surface area contributed by atoms with Crippen molar-refractivity contribution in [3.8, 4) is 17.2 Å². The van der Waals surface area contributed by atoms with Gasteiger partial charge < -0.3 is 14.4 Å². The van der Waals surface area contributed by atoms with E-state index >= 15 is 0 Å². The topological polar surface area (TPSA) is 42.0 Å². The van der Waals surface area contributed by atoms with Crippen molar-refractivity contribution in [3.05, 3.63) is 78.4 Å². The maximum absolute atomic E-state index is 13.4. The smallest absolute Gasteiger partial charge is 0.263 e. The molecule has 0 fully saturated rings. The molecule has 0 saturated heterocycles. The second kappa shape index (κ2) is 8.37. The largest absolute Gasteiger partial charge is 0.494 e. The summed E-state index contributed by atoms with van der Waals surface area (Å²) in [5.41, 5.74) is 2.07. The van der Waals surface area contributed by atoms with Crippen LogP contribution < -0.4 is 14.4 Å². The third-order valence-electron chi connectivity index (χ3n) is 4.75. The summed E-state index contributed by atoms with van der Waals surface area (Å²) in [6.07, 6.45) is 0.953. The molecule has 1 aliphatic rings. The number of benzene rings is 3. The Morgan fingerprint density at radius 2 is 1.48 bits per heavy atom. The van der Waals surface area contributed by atoms with Crippen molar-refractivity contribution in [2.24, 2.45) is 0 Å². The van der Waals surface area contributed by atoms with Crippen LogP contribution in [0.2, 0.25) is 0 Å². The molecular formula is C24H24N2O3. The number of amides is 1. The van der Waals surface area contributed by atoms with Gasteiger partial charge >= 0.3 is 0 Å². The van der Waals surface area contributed by atoms with Gasteiger partial charge in [-0.25, -0.2) is 0 Å². The molecule has 5 nitrogen and oxygen atoms in total. The summed E-state index contributed by atoms with van der Waals surface area (Å²) in [4.78, 5) is 17.2. The van der Waals surface area contributed by atoms with Crippen LogP contribution in [-0.4, -0.2) is 38.1 Å². The van der Waals surface area contributed by atoms with E-state index in [0.29, 0.717) is 23.7 Å². The molecule has 148 valence electrons. The molecule has 0 unspecified atom stereocenters. The molecular weight excluding hydrogens is 364 g/mol. The van der Waals surface area contributed by atoms with Crippen molar-refractivity contribution in [3.63, 3.8) is 0 Å². The second-order valence-corrected chi connectivity index (χ2v) is 7.21. The molecule has 0 saturated carbocycles. The van der Waals surface area contributed by atoms with Crippen LogP contribution >= 0.6 is 0 Å². The summed E-state index contributed by atoms with van der Waals surface area (Å²) in [5.74, 6) is 2.00. The number of hydrogen-bond donors (Lipinski definition) is 0. The standard InChI is InChI=1S/C24H24N2O3/c1-25(2)16-7-17-28-19-14-12-18(13-15-19)24(27)26-20-8-3-5-10-22(20)29-23-11-6-4-9-21(23)26/h3-6,8-15H,7,16-17H2,1-2H3. The van der Waals surface area contributed by atoms with Gasteiger partial charge in [-0.3, -0.25) is 9.69 Å². The van der Waals surface area contributed by atoms with Crippen molar-refractivity contribution < 1.29 is 14.3 Å². The highest BCUT2D eigenvalue weighted by Gasteiger charge is 2.29. The highest BCUT2D eigenvalue weighted by molar-refractivity contribution is 6.13. The lowest BCUT2D eigenvalue weighted by atomic mass is 10.1. The highest BCUT2D eigenvalue weighted by atomic mass is 16.5. The van der Waals surface area contributed by atoms with Crippen molar-refractivity contribution in [2.45, 2.75) is 6.42 Å². The van der Waals surface area contributed by atoms with Crippen LogP contribution in [0.15, 0.2) is 72.8 Å². The molecule has 0 atom stereocenters. The molecule has 5 heteroatoms. The fourth-order valence-electron chi connectivity index (χ4n) is 3.32. The van der Waals surface area contributed by atoms with Crippen LogP contribution in [0.4, 0.5) is 11.4 Å². The first kappa shape index (κ1) is 19.0. The van der Waals surface area contributed by atoms with Crippen LogP contribution in [0.5, 0.6) is 17.2 Å². The number of fused-ring (bicyclic) bond motifs is 2. The average molecular weight is 388 g/mol. The summed E-state index contributed by atoms with van der Waals surface area (Å²) in [6, 6.07) is 22.5. The molecule has 1 amide bonds. The van der Waals surface area contributed by atoms with Crippen LogP contribution in [-0.2, 0) is 0 Å². The predicted molar refractivity (Wildman–Crippen MR) is 115 cm³/mol. The SMILES string of the molecule is CN(C)CCCOc1ccc(C(=O)N2c3ccccc3Oc3ccccc32)cc1. The van der Waals surface area contributed by atoms with Gasteiger partial charge in [-0.2, -0.15) is 0 Å². The maximum Gasteiger partial charge on any atom is 0.263 e. The van der Waals surface area contributed by atoms with Crippen molar-refractivity contribution in [2.75, 3.05) is 32.1 Å². The van der Waals surface area contributed by atoms with Crippen molar-refractivity contribution in [1.82, 2.24) is 4.90 Å². The Bertz CT molecular complexity index is 954. The molecule has 29 heavy (non-hydrogen) atoms. The van der Waals surface area contributed by atoms with E-state index in [4.69, 9.17) is 9.47 Å². The monoisotopic (exact) mass is 388 g/mol. The predicted octanol–water partition coefficient (Wildman–Crippen LogP) is 5.10. The first-order chi connectivity index (χ1) is 14.1. The molecule has 0 radical (unpaired) electrons. The normalized spacial score (nSPS) is 12.2. The Balaban J connectivity index is 1.55. The second-order valence-electron chi connectivity index (χ2n) is 7.21. The molecule has 0 aromatic heterocycles. The Labute approximate surface area is 171 Å². The van der Waals surface area contributed by atoms with Crippen LogP contribution in [0.1, 0.15) is 16.8 Å². The highest BCUT2D eigenvalue weighted by Crippen LogP contribution is 2.46. The van der Waals surface area contributed by atoms with E-state index in [1.165, 1.54) is 0 Å². The minimum atomic E-state index is -0.104. The van der Waals surface area contributed by atoms with Crippen LogP contribution in [0.25, 0.3) is 0 Å². The number of hydrogen-bond acceptors (Lipinski definition) is 4. The third-order valence-corrected chi connectivity index (χ3v) is 4.75. The molecule has 0 bridgehead atoms. The van der Waals surface area contributed by atoms with E-state index in [0.717, 1.165) is 30.1 Å². The molecule has 1 heterocycles. The zero-order valence-electron chi connectivity index (χ0n) is 16.7. The van der Waals surface area contributed by atoms with E-state index in [9.17, 15) is 4.79 Å². The summed E-state index contributed by atoms with van der Waals surface area (Å²) < 4.78 is 11.7. The number of ether oxygens (including phenoxy) is 2. The number of para-hydroxylation sites is 4. The van der Waals surface area contributed by atoms with Crippen LogP contribution in [0, 0.1) is 0 Å². The van der Waals surface area contributed by atoms with E-state index in [-0.39, 0.29) is 5.91 Å². The first-order valence-electron chi connectivity index (χ1n) is 9.71. The Kier molecular flexibility index (Phi) is 5.49. The van der Waals surface area contributed by atoms with Gasteiger partial charge in [0.25, 0.3) is 5.91 Å². The summed E-state index contributed by atoms with van der Waals surface area (Å²) in [5, 5.41) is 0. The van der Waals surface area contributed by atoms with Crippen molar-refractivity contribution >= 4 is 17.3 Å². The molecule has 3 aromatic carbocycles. The third kappa shape index (κ3) is 4.10. The van der Waals surface area contributed by atoms with Gasteiger partial charge in [0, 0.05) is 12.1 Å². The lowest BCUT2D eigenvalue weighted by Crippen LogP contribution is -2.28. The van der Waals surface area contributed by atoms with Gasteiger partial charge in [0.15, 0.2) is 11.5 Å². The Morgan fingerprint density at radius 1 is 0.897 bits per heavy atom. The Hall–Kier alpha value is -3.31. The van der Waals surface area contributed by atoms with E-state index in [1.54, 1.807) is 4.90 Å². The Morgan fingerprint density at radius 3 is 2.07 bits per heavy atom. The van der Waals surface area contributed by atoms with Gasteiger partial charge in [0.05, 0.1) is 18.0 Å². The molecule has 0 N–H and O–H groups in total. The number of nitrogens with zero attached hydrogens (tertiary/aromatic N) is 2. The van der Waals surface area contributed by atoms with E-state index in [2.05, 4.69) is 4.90 Å². The van der Waals surface area contributed by atoms with E-state index in [1.807, 2.05) is 86.9 Å². The van der Waals surface area contributed by atoms with E-state index < -0.39 is 0 Å². The fraction of sp³-hybridized carbons (Fsp3) is 0.208. The number of anilines is 2. The summed E-state index contributed by atoms with van der Waals surface area (Å²) >= 11 is 0. The quantitative estimate of drug-likeness (QED) is 0.551. The van der Waals surface area contributed by atoms with Crippen LogP contribution in [0.3, 0.4) is 0 Å². The number of rotatable bonds is 6. The number of carbonyl (C=O) groups excluding carboxylic acids is 1. The van der Waals surface area contributed by atoms with Gasteiger partial charge in [-0.1, -0.05) is 24.3 Å². The summed E-state index contributed by atoms with van der Waals surface area (Å²) in [6.45, 7) is 1.63. The van der Waals surface area contributed by atoms with Gasteiger partial charge in [-0.05, 0) is 69.0 Å². The fourth-order valence-corrected chi connectivity index (χ4v) is 3.32. The van der Waals surface area contributed by atoms with Gasteiger partial charge in [-0.15, -0.1) is 0 Å². The maximum atomic E-state index is 13.4. The molecule has 3 aromatic rings.